The van der Waals surface area contributed by atoms with Gasteiger partial charge in [0.1, 0.15) is 6.61 Å². The Kier molecular flexibility index (Phi) is 6.79. The van der Waals surface area contributed by atoms with Gasteiger partial charge in [0.05, 0.1) is 0 Å². The van der Waals surface area contributed by atoms with Gasteiger partial charge in [0.15, 0.2) is 0 Å². The van der Waals surface area contributed by atoms with Crippen LogP contribution in [0.5, 0.6) is 0 Å². The number of amides is 2. The van der Waals surface area contributed by atoms with Gasteiger partial charge in [-0.15, -0.1) is 0 Å². The van der Waals surface area contributed by atoms with Crippen molar-refractivity contribution in [2.24, 2.45) is 5.92 Å². The van der Waals surface area contributed by atoms with Gasteiger partial charge in [0.25, 0.3) is 0 Å². The molecule has 0 aliphatic carbocycles. The van der Waals surface area contributed by atoms with Crippen molar-refractivity contribution in [3.63, 3.8) is 0 Å². The molecule has 6 heteroatoms. The molecule has 1 saturated heterocycles. The SMILES string of the molecule is COCC(=O)N1CCC(C(=O)NCCI)CC1. The van der Waals surface area contributed by atoms with Crippen LogP contribution in [0.25, 0.3) is 0 Å². The smallest absolute Gasteiger partial charge is 0.248 e. The van der Waals surface area contributed by atoms with Crippen LogP contribution >= 0.6 is 22.6 Å². The quantitative estimate of drug-likeness (QED) is 0.575. The largest absolute Gasteiger partial charge is 0.375 e. The van der Waals surface area contributed by atoms with Crippen LogP contribution in [-0.4, -0.2) is 54.5 Å². The van der Waals surface area contributed by atoms with Crippen molar-refractivity contribution >= 4 is 34.4 Å². The summed E-state index contributed by atoms with van der Waals surface area (Å²) in [6.07, 6.45) is 1.51. The number of nitrogens with one attached hydrogen (secondary N) is 1. The van der Waals surface area contributed by atoms with E-state index in [0.717, 1.165) is 23.8 Å². The molecule has 17 heavy (non-hydrogen) atoms. The van der Waals surface area contributed by atoms with Crippen molar-refractivity contribution in [3.05, 3.63) is 0 Å². The second-order valence-corrected chi connectivity index (χ2v) is 5.15. The van der Waals surface area contributed by atoms with Crippen molar-refractivity contribution < 1.29 is 14.3 Å². The Bertz CT molecular complexity index is 265. The van der Waals surface area contributed by atoms with Crippen LogP contribution in [-0.2, 0) is 14.3 Å². The third-order valence-electron chi connectivity index (χ3n) is 2.88. The first-order valence-corrected chi connectivity index (χ1v) is 7.32. The van der Waals surface area contributed by atoms with E-state index in [4.69, 9.17) is 4.74 Å². The average molecular weight is 354 g/mol. The summed E-state index contributed by atoms with van der Waals surface area (Å²) in [4.78, 5) is 25.0. The van der Waals surface area contributed by atoms with E-state index in [1.165, 1.54) is 7.11 Å². The van der Waals surface area contributed by atoms with Crippen LogP contribution in [0.4, 0.5) is 0 Å². The maximum atomic E-state index is 11.7. The third-order valence-corrected chi connectivity index (χ3v) is 3.42. The van der Waals surface area contributed by atoms with Gasteiger partial charge in [-0.1, -0.05) is 22.6 Å². The second kappa shape index (κ2) is 7.86. The molecule has 1 rings (SSSR count). The van der Waals surface area contributed by atoms with Crippen LogP contribution in [0, 0.1) is 5.92 Å². The Labute approximate surface area is 115 Å². The van der Waals surface area contributed by atoms with Gasteiger partial charge in [-0.2, -0.15) is 0 Å². The minimum absolute atomic E-state index is 0.0126. The lowest BCUT2D eigenvalue weighted by molar-refractivity contribution is -0.138. The van der Waals surface area contributed by atoms with Crippen LogP contribution in [0.2, 0.25) is 0 Å². The molecule has 1 N–H and O–H groups in total. The number of ether oxygens (including phenoxy) is 1. The second-order valence-electron chi connectivity index (χ2n) is 4.07. The van der Waals surface area contributed by atoms with E-state index in [1.807, 2.05) is 0 Å². The highest BCUT2D eigenvalue weighted by Crippen LogP contribution is 2.17. The number of rotatable bonds is 5. The first-order chi connectivity index (χ1) is 8.19. The van der Waals surface area contributed by atoms with Gasteiger partial charge < -0.3 is 15.0 Å². The number of nitrogens with zero attached hydrogens (tertiary/aromatic N) is 1. The average Bonchev–Trinajstić information content (AvgIpc) is 2.36. The maximum Gasteiger partial charge on any atom is 0.248 e. The Morgan fingerprint density at radius 2 is 2.06 bits per heavy atom. The molecule has 0 atom stereocenters. The zero-order chi connectivity index (χ0) is 12.7. The number of hydrogen-bond acceptors (Lipinski definition) is 3. The van der Waals surface area contributed by atoms with E-state index in [0.29, 0.717) is 13.1 Å². The molecule has 1 heterocycles. The van der Waals surface area contributed by atoms with E-state index in [-0.39, 0.29) is 24.3 Å². The third kappa shape index (κ3) is 4.79. The van der Waals surface area contributed by atoms with Gasteiger partial charge in [-0.05, 0) is 12.8 Å². The highest BCUT2D eigenvalue weighted by molar-refractivity contribution is 14.1. The van der Waals surface area contributed by atoms with Crippen LogP contribution < -0.4 is 5.32 Å². The van der Waals surface area contributed by atoms with Crippen LogP contribution in [0.1, 0.15) is 12.8 Å². The molecule has 98 valence electrons. The molecule has 0 bridgehead atoms. The number of methoxy groups -OCH3 is 1. The lowest BCUT2D eigenvalue weighted by atomic mass is 9.96. The van der Waals surface area contributed by atoms with Gasteiger partial charge >= 0.3 is 0 Å². The molecule has 5 nitrogen and oxygen atoms in total. The predicted octanol–water partition coefficient (Wildman–Crippen LogP) is 0.423. The minimum Gasteiger partial charge on any atom is -0.375 e. The highest BCUT2D eigenvalue weighted by Gasteiger charge is 2.26. The predicted molar refractivity (Wildman–Crippen MR) is 73.1 cm³/mol. The van der Waals surface area contributed by atoms with Crippen LogP contribution in [0.15, 0.2) is 0 Å². The Morgan fingerprint density at radius 3 is 2.59 bits per heavy atom. The summed E-state index contributed by atoms with van der Waals surface area (Å²) >= 11 is 2.23. The summed E-state index contributed by atoms with van der Waals surface area (Å²) in [7, 11) is 1.52. The van der Waals surface area contributed by atoms with Gasteiger partial charge in [-0.3, -0.25) is 9.59 Å². The monoisotopic (exact) mass is 354 g/mol. The maximum absolute atomic E-state index is 11.7. The number of likely N-dealkylation sites (tertiary alicyclic amines) is 1. The molecule has 0 unspecified atom stereocenters. The number of carbonyl (C=O) groups is 2. The normalized spacial score (nSPS) is 16.9. The number of alkyl halides is 1. The lowest BCUT2D eigenvalue weighted by Crippen LogP contribution is -2.44. The zero-order valence-electron chi connectivity index (χ0n) is 10.1. The fraction of sp³-hybridized carbons (Fsp3) is 0.818. The molecule has 1 fully saturated rings. The Hall–Kier alpha value is -0.370. The molecule has 0 aromatic rings. The molecular weight excluding hydrogens is 335 g/mol. The van der Waals surface area contributed by atoms with E-state index < -0.39 is 0 Å². The van der Waals surface area contributed by atoms with E-state index in [9.17, 15) is 9.59 Å². The van der Waals surface area contributed by atoms with Crippen molar-refractivity contribution in [2.75, 3.05) is 37.8 Å². The number of halogens is 1. The summed E-state index contributed by atoms with van der Waals surface area (Å²) in [5.41, 5.74) is 0. The van der Waals surface area contributed by atoms with E-state index >= 15 is 0 Å². The fourth-order valence-electron chi connectivity index (χ4n) is 1.92. The fourth-order valence-corrected chi connectivity index (χ4v) is 2.19. The summed E-state index contributed by atoms with van der Waals surface area (Å²) in [5, 5.41) is 2.90. The van der Waals surface area contributed by atoms with Crippen molar-refractivity contribution in [2.45, 2.75) is 12.8 Å². The molecule has 0 radical (unpaired) electrons. The lowest BCUT2D eigenvalue weighted by Gasteiger charge is -2.31. The van der Waals surface area contributed by atoms with Crippen molar-refractivity contribution in [3.8, 4) is 0 Å². The number of piperidine rings is 1. The van der Waals surface area contributed by atoms with Crippen LogP contribution in [0.3, 0.4) is 0 Å². The molecule has 1 aliphatic rings. The number of carbonyl (C=O) groups excluding carboxylic acids is 2. The molecule has 0 spiro atoms. The minimum atomic E-state index is 0.0126. The molecule has 0 aromatic heterocycles. The standard InChI is InChI=1S/C11H19IN2O3/c1-17-8-10(15)14-6-2-9(3-7-14)11(16)13-5-4-12/h9H,2-8H2,1H3,(H,13,16). The first kappa shape index (κ1) is 14.7. The molecule has 1 aliphatic heterocycles. The number of hydrogen-bond donors (Lipinski definition) is 1. The van der Waals surface area contributed by atoms with E-state index in [1.54, 1.807) is 4.90 Å². The Balaban J connectivity index is 2.30. The first-order valence-electron chi connectivity index (χ1n) is 5.79. The summed E-state index contributed by atoms with van der Waals surface area (Å²) in [5.74, 6) is 0.198. The topological polar surface area (TPSA) is 58.6 Å². The van der Waals surface area contributed by atoms with Gasteiger partial charge in [-0.25, -0.2) is 0 Å². The molecule has 0 saturated carbocycles. The summed E-state index contributed by atoms with van der Waals surface area (Å²) in [6, 6.07) is 0. The molecular formula is C11H19IN2O3. The Morgan fingerprint density at radius 1 is 1.41 bits per heavy atom. The highest BCUT2D eigenvalue weighted by atomic mass is 127. The van der Waals surface area contributed by atoms with E-state index in [2.05, 4.69) is 27.9 Å². The summed E-state index contributed by atoms with van der Waals surface area (Å²) in [6.45, 7) is 2.17. The zero-order valence-corrected chi connectivity index (χ0v) is 12.2. The molecule has 0 aromatic carbocycles. The van der Waals surface area contributed by atoms with Gasteiger partial charge in [0, 0.05) is 37.1 Å². The van der Waals surface area contributed by atoms with Crippen molar-refractivity contribution in [1.29, 1.82) is 0 Å². The van der Waals surface area contributed by atoms with Crippen molar-refractivity contribution in [1.82, 2.24) is 10.2 Å². The molecule has 2 amide bonds. The summed E-state index contributed by atoms with van der Waals surface area (Å²) < 4.78 is 5.74. The van der Waals surface area contributed by atoms with Gasteiger partial charge in [0.2, 0.25) is 11.8 Å².